The van der Waals surface area contributed by atoms with Crippen LogP contribution in [0.25, 0.3) is 0 Å². The lowest BCUT2D eigenvalue weighted by Gasteiger charge is -2.26. The Morgan fingerprint density at radius 1 is 0.776 bits per heavy atom. The van der Waals surface area contributed by atoms with Crippen LogP contribution in [0, 0.1) is 11.3 Å². The lowest BCUT2D eigenvalue weighted by molar-refractivity contribution is -0.142. The second-order valence-corrected chi connectivity index (χ2v) is 11.0. The van der Waals surface area contributed by atoms with E-state index in [1.165, 1.54) is 7.11 Å². The van der Waals surface area contributed by atoms with Crippen molar-refractivity contribution in [2.75, 3.05) is 17.7 Å². The minimum absolute atomic E-state index is 0.0571. The molecule has 5 aromatic rings. The van der Waals surface area contributed by atoms with Gasteiger partial charge >= 0.3 is 5.97 Å². The first-order valence-corrected chi connectivity index (χ1v) is 15.4. The predicted molar refractivity (Wildman–Crippen MR) is 185 cm³/mol. The van der Waals surface area contributed by atoms with E-state index in [0.717, 1.165) is 11.1 Å². The Morgan fingerprint density at radius 2 is 1.39 bits per heavy atom. The normalized spacial score (nSPS) is 11.7. The zero-order valence-electron chi connectivity index (χ0n) is 26.6. The van der Waals surface area contributed by atoms with Crippen LogP contribution in [-0.2, 0) is 27.4 Å². The van der Waals surface area contributed by atoms with Crippen LogP contribution in [0.2, 0.25) is 0 Å². The summed E-state index contributed by atoms with van der Waals surface area (Å²) >= 11 is 0. The number of rotatable bonds is 14. The van der Waals surface area contributed by atoms with Crippen molar-refractivity contribution in [2.45, 2.75) is 25.1 Å². The minimum atomic E-state index is -1.37. The van der Waals surface area contributed by atoms with Crippen molar-refractivity contribution in [3.8, 4) is 17.6 Å². The van der Waals surface area contributed by atoms with Gasteiger partial charge in [-0.15, -0.1) is 0 Å². The maximum Gasteiger partial charge on any atom is 0.330 e. The van der Waals surface area contributed by atoms with Gasteiger partial charge in [-0.25, -0.2) is 4.79 Å². The summed E-state index contributed by atoms with van der Waals surface area (Å²) in [5, 5.41) is 28.2. The van der Waals surface area contributed by atoms with Crippen LogP contribution in [-0.4, -0.2) is 30.0 Å². The third-order valence-electron chi connectivity index (χ3n) is 7.62. The summed E-state index contributed by atoms with van der Waals surface area (Å²) in [6.07, 6.45) is 0.0571. The smallest absolute Gasteiger partial charge is 0.330 e. The molecule has 0 fully saturated rings. The van der Waals surface area contributed by atoms with E-state index in [1.807, 2.05) is 60.7 Å². The molecule has 0 aliphatic heterocycles. The summed E-state index contributed by atoms with van der Waals surface area (Å²) in [6, 6.07) is 36.1. The van der Waals surface area contributed by atoms with E-state index in [9.17, 15) is 24.8 Å². The Labute approximate surface area is 283 Å². The van der Waals surface area contributed by atoms with Crippen molar-refractivity contribution in [1.29, 1.82) is 5.26 Å². The van der Waals surface area contributed by atoms with Crippen molar-refractivity contribution in [3.63, 3.8) is 0 Å². The monoisotopic (exact) mass is 654 g/mol. The molecule has 0 saturated carbocycles. The van der Waals surface area contributed by atoms with E-state index in [-0.39, 0.29) is 35.9 Å². The van der Waals surface area contributed by atoms with Crippen LogP contribution < -0.4 is 25.4 Å². The van der Waals surface area contributed by atoms with Gasteiger partial charge in [0.1, 0.15) is 12.6 Å². The number of hydrogen-bond acceptors (Lipinski definition) is 7. The Morgan fingerprint density at radius 3 is 1.98 bits per heavy atom. The van der Waals surface area contributed by atoms with Gasteiger partial charge in [0.25, 0.3) is 0 Å². The number of ether oxygens (including phenoxy) is 2. The molecule has 1 unspecified atom stereocenters. The molecule has 0 aromatic heterocycles. The average molecular weight is 655 g/mol. The first-order valence-electron chi connectivity index (χ1n) is 15.4. The summed E-state index contributed by atoms with van der Waals surface area (Å²) in [6.45, 7) is 0.207. The molecule has 5 aromatic carbocycles. The van der Waals surface area contributed by atoms with Crippen molar-refractivity contribution < 1.29 is 29.0 Å². The molecular formula is C39H34N4O6. The number of carbonyl (C=O) groups is 3. The predicted octanol–water partition coefficient (Wildman–Crippen LogP) is 6.42. The fourth-order valence-electron chi connectivity index (χ4n) is 5.16. The van der Waals surface area contributed by atoms with Gasteiger partial charge in [0, 0.05) is 17.3 Å². The molecule has 0 bridgehead atoms. The number of benzene rings is 5. The SMILES string of the molecule is COc1cc([C@H](Nc2ccc(C#N)cc2)C(=O)NC(C(=O)O)c2ccccc2)c(NC(=O)Cc2ccccc2)cc1OCc1ccccc1. The lowest BCUT2D eigenvalue weighted by atomic mass is 10.00. The quantitative estimate of drug-likeness (QED) is 0.107. The minimum Gasteiger partial charge on any atom is -0.493 e. The largest absolute Gasteiger partial charge is 0.493 e. The number of methoxy groups -OCH3 is 1. The number of amides is 2. The van der Waals surface area contributed by atoms with E-state index in [0.29, 0.717) is 22.6 Å². The first-order chi connectivity index (χ1) is 23.8. The number of carboxylic acid groups (broad SMARTS) is 1. The average Bonchev–Trinajstić information content (AvgIpc) is 3.13. The Bertz CT molecular complexity index is 1930. The molecule has 0 saturated heterocycles. The summed E-state index contributed by atoms with van der Waals surface area (Å²) in [4.78, 5) is 40.0. The molecule has 10 heteroatoms. The second-order valence-electron chi connectivity index (χ2n) is 11.0. The third kappa shape index (κ3) is 9.02. The fraction of sp³-hybridized carbons (Fsp3) is 0.128. The van der Waals surface area contributed by atoms with Crippen LogP contribution in [0.3, 0.4) is 0 Å². The molecule has 5 rings (SSSR count). The highest BCUT2D eigenvalue weighted by Crippen LogP contribution is 2.38. The van der Waals surface area contributed by atoms with Gasteiger partial charge in [-0.2, -0.15) is 5.26 Å². The second kappa shape index (κ2) is 16.3. The molecule has 2 atom stereocenters. The summed E-state index contributed by atoms with van der Waals surface area (Å²) in [7, 11) is 1.46. The maximum atomic E-state index is 14.2. The number of nitrogens with one attached hydrogen (secondary N) is 3. The zero-order valence-corrected chi connectivity index (χ0v) is 26.6. The van der Waals surface area contributed by atoms with Gasteiger partial charge in [0.2, 0.25) is 11.8 Å². The maximum absolute atomic E-state index is 14.2. The highest BCUT2D eigenvalue weighted by atomic mass is 16.5. The number of hydrogen-bond donors (Lipinski definition) is 4. The van der Waals surface area contributed by atoms with Crippen molar-refractivity contribution in [1.82, 2.24) is 5.32 Å². The summed E-state index contributed by atoms with van der Waals surface area (Å²) < 4.78 is 11.8. The van der Waals surface area contributed by atoms with Crippen LogP contribution in [0.15, 0.2) is 127 Å². The van der Waals surface area contributed by atoms with Crippen molar-refractivity contribution in [3.05, 3.63) is 155 Å². The third-order valence-corrected chi connectivity index (χ3v) is 7.62. The van der Waals surface area contributed by atoms with Gasteiger partial charge in [-0.05, 0) is 47.0 Å². The topological polar surface area (TPSA) is 150 Å². The van der Waals surface area contributed by atoms with E-state index in [1.54, 1.807) is 66.7 Å². The standard InChI is InChI=1S/C39H34N4O6/c1-48-33-22-31(32(42-35(44)21-26-11-5-2-6-12-26)23-34(33)49-25-28-13-7-3-8-14-28)37(41-30-19-17-27(24-40)18-20-30)38(45)43-36(39(46)47)29-15-9-4-10-16-29/h2-20,22-23,36-37,41H,21,25H2,1H3,(H,42,44)(H,43,45)(H,46,47)/t36?,37-/m0/s1. The molecule has 0 spiro atoms. The van der Waals surface area contributed by atoms with Gasteiger partial charge in [0.15, 0.2) is 17.5 Å². The Hall–Kier alpha value is -6.60. The molecule has 2 amide bonds. The number of aliphatic carboxylic acids is 1. The van der Waals surface area contributed by atoms with Crippen molar-refractivity contribution in [2.24, 2.45) is 0 Å². The molecular weight excluding hydrogens is 620 g/mol. The van der Waals surface area contributed by atoms with Gasteiger partial charge in [0.05, 0.1) is 30.9 Å². The van der Waals surface area contributed by atoms with Crippen molar-refractivity contribution >= 4 is 29.2 Å². The van der Waals surface area contributed by atoms with E-state index < -0.39 is 24.0 Å². The Kier molecular flexibility index (Phi) is 11.2. The fourth-order valence-corrected chi connectivity index (χ4v) is 5.16. The number of nitriles is 1. The van der Waals surface area contributed by atoms with E-state index in [4.69, 9.17) is 9.47 Å². The molecule has 49 heavy (non-hydrogen) atoms. The summed E-state index contributed by atoms with van der Waals surface area (Å²) in [5.74, 6) is -1.70. The molecule has 0 radical (unpaired) electrons. The number of anilines is 2. The Balaban J connectivity index is 1.58. The molecule has 4 N–H and O–H groups in total. The first kappa shape index (κ1) is 33.8. The molecule has 0 aliphatic carbocycles. The lowest BCUT2D eigenvalue weighted by Crippen LogP contribution is -2.39. The van der Waals surface area contributed by atoms with Crippen LogP contribution >= 0.6 is 0 Å². The highest BCUT2D eigenvalue weighted by molar-refractivity contribution is 5.97. The van der Waals surface area contributed by atoms with Crippen LogP contribution in [0.1, 0.15) is 39.9 Å². The van der Waals surface area contributed by atoms with Gasteiger partial charge < -0.3 is 30.5 Å². The number of nitrogens with zero attached hydrogens (tertiary/aromatic N) is 1. The number of carbonyl (C=O) groups excluding carboxylic acids is 2. The van der Waals surface area contributed by atoms with Crippen LogP contribution in [0.5, 0.6) is 11.5 Å². The van der Waals surface area contributed by atoms with E-state index >= 15 is 0 Å². The summed E-state index contributed by atoms with van der Waals surface area (Å²) in [5.41, 5.74) is 3.48. The van der Waals surface area contributed by atoms with Crippen LogP contribution in [0.4, 0.5) is 11.4 Å². The molecule has 0 aliphatic rings. The number of carboxylic acids is 1. The molecule has 10 nitrogen and oxygen atoms in total. The molecule has 246 valence electrons. The van der Waals surface area contributed by atoms with E-state index in [2.05, 4.69) is 22.0 Å². The zero-order chi connectivity index (χ0) is 34.6. The van der Waals surface area contributed by atoms with Gasteiger partial charge in [-0.1, -0.05) is 91.0 Å². The van der Waals surface area contributed by atoms with Gasteiger partial charge in [-0.3, -0.25) is 9.59 Å². The highest BCUT2D eigenvalue weighted by Gasteiger charge is 2.31. The molecule has 0 heterocycles.